The highest BCUT2D eigenvalue weighted by Crippen LogP contribution is 2.27. The summed E-state index contributed by atoms with van der Waals surface area (Å²) in [6.07, 6.45) is 1.23. The molecular weight excluding hydrogens is 402 g/mol. The van der Waals surface area contributed by atoms with Crippen LogP contribution in [0, 0.1) is 0 Å². The van der Waals surface area contributed by atoms with Crippen LogP contribution in [0.25, 0.3) is 11.1 Å². The Morgan fingerprint density at radius 1 is 1.17 bits per heavy atom. The first kappa shape index (κ1) is 22.6. The van der Waals surface area contributed by atoms with Gasteiger partial charge in [-0.1, -0.05) is 42.5 Å². The van der Waals surface area contributed by atoms with E-state index in [1.807, 2.05) is 38.4 Å². The van der Waals surface area contributed by atoms with Crippen LogP contribution in [0.15, 0.2) is 65.1 Å². The van der Waals surface area contributed by atoms with Crippen molar-refractivity contribution in [2.75, 3.05) is 34.3 Å². The molecule has 2 aromatic carbocycles. The maximum absolute atomic E-state index is 13.0. The van der Waals surface area contributed by atoms with Gasteiger partial charge >= 0.3 is 0 Å². The number of rotatable bonds is 8. The Balaban J connectivity index is 1.78. The highest BCUT2D eigenvalue weighted by atomic mass is 32.2. The van der Waals surface area contributed by atoms with E-state index in [1.54, 1.807) is 18.2 Å². The van der Waals surface area contributed by atoms with Crippen molar-refractivity contribution in [1.29, 1.82) is 0 Å². The van der Waals surface area contributed by atoms with Crippen LogP contribution in [0.5, 0.6) is 0 Å². The topological polar surface area (TPSA) is 82.1 Å². The minimum absolute atomic E-state index is 0.216. The summed E-state index contributed by atoms with van der Waals surface area (Å²) < 4.78 is 27.5. The summed E-state index contributed by atoms with van der Waals surface area (Å²) in [5.74, 6) is 0. The van der Waals surface area contributed by atoms with E-state index in [2.05, 4.69) is 22.5 Å². The van der Waals surface area contributed by atoms with Gasteiger partial charge in [-0.2, -0.15) is 9.79 Å². The number of hydroxylamine groups is 1. The third kappa shape index (κ3) is 5.15. The number of hydrogen-bond donors (Lipinski definition) is 2. The number of nitrogens with one attached hydrogen (secondary N) is 1. The molecule has 30 heavy (non-hydrogen) atoms. The number of aliphatic hydroxyl groups excluding tert-OH is 1. The Kier molecular flexibility index (Phi) is 7.41. The predicted octanol–water partition coefficient (Wildman–Crippen LogP) is 2.21. The van der Waals surface area contributed by atoms with Gasteiger partial charge in [-0.3, -0.25) is 0 Å². The highest BCUT2D eigenvalue weighted by molar-refractivity contribution is 7.89. The average Bonchev–Trinajstić information content (AvgIpc) is 2.74. The van der Waals surface area contributed by atoms with Crippen molar-refractivity contribution < 1.29 is 18.4 Å². The van der Waals surface area contributed by atoms with E-state index in [0.717, 1.165) is 23.2 Å². The maximum Gasteiger partial charge on any atom is 0.243 e. The normalized spacial score (nSPS) is 16.5. The third-order valence-corrected chi connectivity index (χ3v) is 6.97. The summed E-state index contributed by atoms with van der Waals surface area (Å²) in [5.41, 5.74) is 6.45. The fourth-order valence-electron chi connectivity index (χ4n) is 3.56. The van der Waals surface area contributed by atoms with Gasteiger partial charge in [0.1, 0.15) is 6.23 Å². The van der Waals surface area contributed by atoms with Crippen molar-refractivity contribution in [3.8, 4) is 11.1 Å². The molecule has 0 bridgehead atoms. The summed E-state index contributed by atoms with van der Waals surface area (Å²) in [7, 11) is 1.86. The molecule has 2 aromatic rings. The molecule has 0 aliphatic carbocycles. The molecule has 1 atom stereocenters. The summed E-state index contributed by atoms with van der Waals surface area (Å²) in [4.78, 5) is 7.10. The molecule has 0 radical (unpaired) electrons. The molecule has 0 saturated heterocycles. The van der Waals surface area contributed by atoms with Crippen LogP contribution < -0.4 is 5.48 Å². The fourth-order valence-corrected chi connectivity index (χ4v) is 4.94. The van der Waals surface area contributed by atoms with E-state index in [-0.39, 0.29) is 11.4 Å². The van der Waals surface area contributed by atoms with E-state index < -0.39 is 16.3 Å². The zero-order valence-corrected chi connectivity index (χ0v) is 18.4. The number of nitrogens with zero attached hydrogens (tertiary/aromatic N) is 2. The Morgan fingerprint density at radius 2 is 1.87 bits per heavy atom. The van der Waals surface area contributed by atoms with Gasteiger partial charge in [0.05, 0.1) is 12.0 Å². The van der Waals surface area contributed by atoms with Crippen LogP contribution in [-0.4, -0.2) is 63.3 Å². The lowest BCUT2D eigenvalue weighted by atomic mass is 9.99. The first-order chi connectivity index (χ1) is 14.3. The van der Waals surface area contributed by atoms with E-state index >= 15 is 0 Å². The van der Waals surface area contributed by atoms with E-state index in [1.165, 1.54) is 17.0 Å². The van der Waals surface area contributed by atoms with Crippen LogP contribution in [0.2, 0.25) is 0 Å². The number of benzene rings is 2. The van der Waals surface area contributed by atoms with Crippen LogP contribution in [0.1, 0.15) is 12.0 Å². The van der Waals surface area contributed by atoms with Gasteiger partial charge in [-0.25, -0.2) is 8.42 Å². The Bertz CT molecular complexity index is 988. The summed E-state index contributed by atoms with van der Waals surface area (Å²) >= 11 is 0. The Hall–Kier alpha value is -2.07. The smallest absolute Gasteiger partial charge is 0.243 e. The van der Waals surface area contributed by atoms with Crippen molar-refractivity contribution in [3.05, 3.63) is 65.7 Å². The quantitative estimate of drug-likeness (QED) is 0.379. The zero-order valence-electron chi connectivity index (χ0n) is 17.6. The molecule has 1 heterocycles. The van der Waals surface area contributed by atoms with E-state index in [9.17, 15) is 13.5 Å². The molecule has 0 aromatic heterocycles. The minimum Gasteiger partial charge on any atom is -0.373 e. The van der Waals surface area contributed by atoms with Crippen molar-refractivity contribution in [2.24, 2.45) is 0 Å². The van der Waals surface area contributed by atoms with Crippen LogP contribution in [-0.2, 0) is 21.4 Å². The molecule has 2 N–H and O–H groups in total. The second kappa shape index (κ2) is 9.82. The zero-order chi connectivity index (χ0) is 21.7. The highest BCUT2D eigenvalue weighted by Gasteiger charge is 2.27. The van der Waals surface area contributed by atoms with Gasteiger partial charge in [-0.15, -0.1) is 0 Å². The van der Waals surface area contributed by atoms with Crippen molar-refractivity contribution in [2.45, 2.75) is 24.1 Å². The van der Waals surface area contributed by atoms with Gasteiger partial charge in [0.15, 0.2) is 0 Å². The number of hydrogen-bond acceptors (Lipinski definition) is 6. The molecule has 3 rings (SSSR count). The maximum atomic E-state index is 13.0. The monoisotopic (exact) mass is 431 g/mol. The van der Waals surface area contributed by atoms with Crippen molar-refractivity contribution >= 4 is 10.0 Å². The lowest BCUT2D eigenvalue weighted by Crippen LogP contribution is -2.39. The standard InChI is InChI=1S/C22H29N3O4S/c1-24(2)16-19-6-4-5-7-21(19)17-8-10-20(11-9-17)30(27,28)25-14-12-18(13-15-25)22(26)23-29-3/h4-12,22-23,26H,13-16H2,1-3H3. The molecule has 8 heteroatoms. The minimum atomic E-state index is -3.60. The van der Waals surface area contributed by atoms with Gasteiger partial charge in [0.25, 0.3) is 0 Å². The van der Waals surface area contributed by atoms with Gasteiger partial charge < -0.3 is 14.8 Å². The molecule has 1 aliphatic rings. The summed E-state index contributed by atoms with van der Waals surface area (Å²) in [5, 5.41) is 9.92. The molecule has 162 valence electrons. The third-order valence-electron chi connectivity index (χ3n) is 5.09. The van der Waals surface area contributed by atoms with E-state index in [0.29, 0.717) is 13.0 Å². The van der Waals surface area contributed by atoms with E-state index in [4.69, 9.17) is 4.84 Å². The second-order valence-electron chi connectivity index (χ2n) is 7.54. The molecule has 1 aliphatic heterocycles. The first-order valence-corrected chi connectivity index (χ1v) is 11.3. The second-order valence-corrected chi connectivity index (χ2v) is 9.47. The lowest BCUT2D eigenvalue weighted by Gasteiger charge is -2.27. The molecule has 1 unspecified atom stereocenters. The van der Waals surface area contributed by atoms with Crippen molar-refractivity contribution in [3.63, 3.8) is 0 Å². The van der Waals surface area contributed by atoms with Crippen LogP contribution >= 0.6 is 0 Å². The molecule has 0 spiro atoms. The predicted molar refractivity (Wildman–Crippen MR) is 117 cm³/mol. The van der Waals surface area contributed by atoms with Crippen molar-refractivity contribution in [1.82, 2.24) is 14.7 Å². The lowest BCUT2D eigenvalue weighted by molar-refractivity contribution is -0.0140. The fraction of sp³-hybridized carbons (Fsp3) is 0.364. The molecule has 0 amide bonds. The Labute approximate surface area is 178 Å². The number of sulfonamides is 1. The Morgan fingerprint density at radius 3 is 2.47 bits per heavy atom. The number of aliphatic hydroxyl groups is 1. The van der Waals surface area contributed by atoms with Gasteiger partial charge in [0, 0.05) is 19.6 Å². The van der Waals surface area contributed by atoms with Gasteiger partial charge in [-0.05, 0) is 54.9 Å². The summed E-state index contributed by atoms with van der Waals surface area (Å²) in [6.45, 7) is 1.33. The SMILES string of the molecule is CONC(O)C1=CCN(S(=O)(=O)c2ccc(-c3ccccc3CN(C)C)cc2)CC1. The molecular formula is C22H29N3O4S. The summed E-state index contributed by atoms with van der Waals surface area (Å²) in [6, 6.07) is 15.2. The first-order valence-electron chi connectivity index (χ1n) is 9.81. The average molecular weight is 432 g/mol. The molecule has 0 saturated carbocycles. The molecule has 7 nitrogen and oxygen atoms in total. The van der Waals surface area contributed by atoms with Crippen LogP contribution in [0.3, 0.4) is 0 Å². The largest absolute Gasteiger partial charge is 0.373 e. The van der Waals surface area contributed by atoms with Crippen LogP contribution in [0.4, 0.5) is 0 Å². The molecule has 0 fully saturated rings. The van der Waals surface area contributed by atoms with Gasteiger partial charge in [0.2, 0.25) is 10.0 Å².